The second-order valence-corrected chi connectivity index (χ2v) is 9.08. The number of amides is 2. The van der Waals surface area contributed by atoms with Gasteiger partial charge in [0.05, 0.1) is 10.6 Å². The zero-order valence-corrected chi connectivity index (χ0v) is 18.6. The number of carbonyl (C=O) groups is 2. The van der Waals surface area contributed by atoms with Crippen LogP contribution in [0.15, 0.2) is 58.7 Å². The molecule has 3 rings (SSSR count). The van der Waals surface area contributed by atoms with Gasteiger partial charge in [0.25, 0.3) is 11.6 Å². The van der Waals surface area contributed by atoms with Gasteiger partial charge in [0.2, 0.25) is 5.91 Å². The molecular formula is C19H17BrN4O6S. The van der Waals surface area contributed by atoms with Crippen molar-refractivity contribution in [2.75, 3.05) is 11.9 Å². The summed E-state index contributed by atoms with van der Waals surface area (Å²) in [6.45, 7) is 0.977. The highest BCUT2D eigenvalue weighted by Gasteiger charge is 2.37. The predicted molar refractivity (Wildman–Crippen MR) is 116 cm³/mol. The van der Waals surface area contributed by atoms with Gasteiger partial charge in [-0.05, 0) is 40.0 Å². The molecule has 0 aromatic heterocycles. The molecule has 0 radical (unpaired) electrons. The number of carbonyl (C=O) groups excluding carboxylic acids is 2. The Bertz CT molecular complexity index is 1200. The molecule has 1 heterocycles. The van der Waals surface area contributed by atoms with Gasteiger partial charge in [-0.25, -0.2) is 9.03 Å². The smallest absolute Gasteiger partial charge is 0.319 e. The molecular weight excluding hydrogens is 492 g/mol. The third kappa shape index (κ3) is 5.09. The van der Waals surface area contributed by atoms with Crippen LogP contribution in [-0.2, 0) is 26.2 Å². The summed E-state index contributed by atoms with van der Waals surface area (Å²) in [4.78, 5) is 35.3. The van der Waals surface area contributed by atoms with Gasteiger partial charge in [-0.2, -0.15) is 8.42 Å². The summed E-state index contributed by atoms with van der Waals surface area (Å²) in [6.07, 6.45) is 0.0615. The molecule has 1 aliphatic rings. The van der Waals surface area contributed by atoms with Crippen LogP contribution in [0, 0.1) is 17.0 Å². The van der Waals surface area contributed by atoms with Gasteiger partial charge >= 0.3 is 10.2 Å². The van der Waals surface area contributed by atoms with Crippen molar-refractivity contribution in [3.05, 3.63) is 80.0 Å². The van der Waals surface area contributed by atoms with Crippen LogP contribution < -0.4 is 10.0 Å². The Morgan fingerprint density at radius 2 is 1.90 bits per heavy atom. The van der Waals surface area contributed by atoms with Crippen molar-refractivity contribution in [3.63, 3.8) is 0 Å². The van der Waals surface area contributed by atoms with Gasteiger partial charge in [0, 0.05) is 12.5 Å². The van der Waals surface area contributed by atoms with E-state index >= 15 is 0 Å². The highest BCUT2D eigenvalue weighted by molar-refractivity contribution is 9.12. The number of rotatable bonds is 6. The second kappa shape index (κ2) is 8.86. The van der Waals surface area contributed by atoms with Gasteiger partial charge in [0.15, 0.2) is 0 Å². The molecule has 0 saturated carbocycles. The van der Waals surface area contributed by atoms with Crippen LogP contribution in [0.4, 0.5) is 11.4 Å². The lowest BCUT2D eigenvalue weighted by Crippen LogP contribution is -2.50. The van der Waals surface area contributed by atoms with E-state index in [1.54, 1.807) is 43.3 Å². The number of nitro benzene ring substituents is 1. The first-order valence-electron chi connectivity index (χ1n) is 8.91. The van der Waals surface area contributed by atoms with Crippen molar-refractivity contribution in [2.45, 2.75) is 13.3 Å². The zero-order chi connectivity index (χ0) is 22.8. The number of hydrogen-bond donors (Lipinski definition) is 2. The number of benzene rings is 2. The van der Waals surface area contributed by atoms with Gasteiger partial charge in [0.1, 0.15) is 16.7 Å². The van der Waals surface area contributed by atoms with Crippen LogP contribution in [0.1, 0.15) is 11.1 Å². The van der Waals surface area contributed by atoms with Crippen LogP contribution in [0.5, 0.6) is 0 Å². The third-order valence-electron chi connectivity index (χ3n) is 4.39. The highest BCUT2D eigenvalue weighted by atomic mass is 79.9. The van der Waals surface area contributed by atoms with E-state index in [1.165, 1.54) is 12.1 Å². The number of anilines is 1. The Kier molecular flexibility index (Phi) is 6.41. The Morgan fingerprint density at radius 1 is 1.23 bits per heavy atom. The number of hydrogen-bond acceptors (Lipinski definition) is 6. The van der Waals surface area contributed by atoms with E-state index in [0.717, 1.165) is 9.87 Å². The summed E-state index contributed by atoms with van der Waals surface area (Å²) in [5, 5.41) is 13.6. The quantitative estimate of drug-likeness (QED) is 0.453. The molecule has 2 amide bonds. The Hall–Kier alpha value is -3.25. The fourth-order valence-electron chi connectivity index (χ4n) is 2.96. The molecule has 0 unspecified atom stereocenters. The summed E-state index contributed by atoms with van der Waals surface area (Å²) in [5.74, 6) is -1.66. The molecule has 10 nitrogen and oxygen atoms in total. The van der Waals surface area contributed by atoms with Crippen LogP contribution in [0.25, 0.3) is 0 Å². The minimum Gasteiger partial charge on any atom is -0.319 e. The number of nitrogens with zero attached hydrogens (tertiary/aromatic N) is 2. The van der Waals surface area contributed by atoms with Crippen molar-refractivity contribution < 1.29 is 22.9 Å². The molecule has 0 aliphatic carbocycles. The molecule has 2 aromatic rings. The first-order valence-corrected chi connectivity index (χ1v) is 11.1. The van der Waals surface area contributed by atoms with Gasteiger partial charge in [-0.3, -0.25) is 19.7 Å². The Balaban J connectivity index is 1.91. The maximum absolute atomic E-state index is 12.6. The Labute approximate surface area is 186 Å². The number of nitrogens with one attached hydrogen (secondary N) is 2. The Morgan fingerprint density at radius 3 is 2.55 bits per heavy atom. The highest BCUT2D eigenvalue weighted by Crippen LogP contribution is 2.28. The number of halogens is 1. The topological polar surface area (TPSA) is 139 Å². The number of allylic oxidation sites excluding steroid dienone is 1. The summed E-state index contributed by atoms with van der Waals surface area (Å²) in [7, 11) is -4.34. The second-order valence-electron chi connectivity index (χ2n) is 6.69. The molecule has 1 aliphatic heterocycles. The average Bonchev–Trinajstić information content (AvgIpc) is 2.70. The van der Waals surface area contributed by atoms with E-state index in [2.05, 4.69) is 21.2 Å². The van der Waals surface area contributed by atoms with Crippen LogP contribution in [0.3, 0.4) is 0 Å². The van der Waals surface area contributed by atoms with Crippen molar-refractivity contribution in [3.8, 4) is 0 Å². The summed E-state index contributed by atoms with van der Waals surface area (Å²) >= 11 is 3.11. The maximum Gasteiger partial charge on any atom is 0.326 e. The van der Waals surface area contributed by atoms with Gasteiger partial charge in [-0.1, -0.05) is 36.4 Å². The molecule has 31 heavy (non-hydrogen) atoms. The van der Waals surface area contributed by atoms with Crippen LogP contribution >= 0.6 is 15.9 Å². The molecule has 0 bridgehead atoms. The largest absolute Gasteiger partial charge is 0.326 e. The fourth-order valence-corrected chi connectivity index (χ4v) is 4.84. The summed E-state index contributed by atoms with van der Waals surface area (Å²) in [6, 6.07) is 13.1. The van der Waals surface area contributed by atoms with Crippen molar-refractivity contribution in [1.29, 1.82) is 0 Å². The number of aryl methyl sites for hydroxylation is 1. The van der Waals surface area contributed by atoms with E-state index in [0.29, 0.717) is 5.56 Å². The fraction of sp³-hybridized carbons (Fsp3) is 0.158. The molecule has 0 saturated heterocycles. The minimum atomic E-state index is -4.34. The van der Waals surface area contributed by atoms with Crippen LogP contribution in [-0.4, -0.2) is 36.0 Å². The lowest BCUT2D eigenvalue weighted by atomic mass is 10.1. The predicted octanol–water partition coefficient (Wildman–Crippen LogP) is 2.37. The average molecular weight is 509 g/mol. The zero-order valence-electron chi connectivity index (χ0n) is 16.2. The molecule has 2 aromatic carbocycles. The van der Waals surface area contributed by atoms with E-state index in [1.807, 2.05) is 4.72 Å². The van der Waals surface area contributed by atoms with E-state index in [-0.39, 0.29) is 28.0 Å². The SMILES string of the molecule is Cc1ccc(NC(=O)CN2C(Cc3ccccc3)=C(Br)C(=O)NS2(=O)=O)c([N+](=O)[O-])c1. The lowest BCUT2D eigenvalue weighted by molar-refractivity contribution is -0.384. The van der Waals surface area contributed by atoms with E-state index < -0.39 is 33.5 Å². The van der Waals surface area contributed by atoms with Gasteiger partial charge < -0.3 is 5.32 Å². The first kappa shape index (κ1) is 22.4. The lowest BCUT2D eigenvalue weighted by Gasteiger charge is -2.31. The summed E-state index contributed by atoms with van der Waals surface area (Å²) in [5.41, 5.74) is 1.04. The molecule has 0 fully saturated rings. The van der Waals surface area contributed by atoms with Crippen LogP contribution in [0.2, 0.25) is 0 Å². The van der Waals surface area contributed by atoms with Crippen molar-refractivity contribution in [2.24, 2.45) is 0 Å². The molecule has 162 valence electrons. The first-order chi connectivity index (χ1) is 14.6. The standard InChI is InChI=1S/C19H17BrN4O6S/c1-12-7-8-14(15(9-12)24(27)28)21-17(25)11-23-16(10-13-5-3-2-4-6-13)18(20)19(26)22-31(23,29)30/h2-9H,10-11H2,1H3,(H,21,25)(H,22,26). The van der Waals surface area contributed by atoms with Crippen molar-refractivity contribution in [1.82, 2.24) is 9.03 Å². The van der Waals surface area contributed by atoms with E-state index in [4.69, 9.17) is 0 Å². The third-order valence-corrected chi connectivity index (χ3v) is 6.58. The maximum atomic E-state index is 12.6. The summed E-state index contributed by atoms with van der Waals surface area (Å²) < 4.78 is 27.8. The molecule has 12 heteroatoms. The monoisotopic (exact) mass is 508 g/mol. The normalized spacial score (nSPS) is 15.4. The number of nitro groups is 1. The van der Waals surface area contributed by atoms with E-state index in [9.17, 15) is 28.1 Å². The molecule has 0 spiro atoms. The minimum absolute atomic E-state index is 0.0275. The molecule has 2 N–H and O–H groups in total. The van der Waals surface area contributed by atoms with Crippen molar-refractivity contribution >= 4 is 49.3 Å². The van der Waals surface area contributed by atoms with Gasteiger partial charge in [-0.15, -0.1) is 0 Å². The molecule has 0 atom stereocenters.